The Hall–Kier alpha value is -1.54. The Labute approximate surface area is 190 Å². The molecule has 0 bridgehead atoms. The minimum atomic E-state index is -1.19. The van der Waals surface area contributed by atoms with Crippen LogP contribution >= 0.6 is 0 Å². The maximum atomic E-state index is 13.6. The summed E-state index contributed by atoms with van der Waals surface area (Å²) in [4.78, 5) is 18.1. The van der Waals surface area contributed by atoms with Crippen LogP contribution in [0.4, 0.5) is 0 Å². The van der Waals surface area contributed by atoms with Gasteiger partial charge in [-0.05, 0) is 62.8 Å². The van der Waals surface area contributed by atoms with Crippen LogP contribution in [0.2, 0.25) is 0 Å². The van der Waals surface area contributed by atoms with Crippen molar-refractivity contribution in [1.29, 1.82) is 0 Å². The normalized spacial score (nSPS) is 29.9. The molecule has 1 unspecified atom stereocenters. The molecule has 0 aromatic carbocycles. The smallest absolute Gasteiger partial charge is 0.170 e. The van der Waals surface area contributed by atoms with Crippen LogP contribution < -0.4 is 4.74 Å². The summed E-state index contributed by atoms with van der Waals surface area (Å²) in [6, 6.07) is 3.80. The zero-order valence-corrected chi connectivity index (χ0v) is 19.4. The zero-order chi connectivity index (χ0) is 22.6. The molecule has 3 fully saturated rings. The zero-order valence-electron chi connectivity index (χ0n) is 19.4. The van der Waals surface area contributed by atoms with Gasteiger partial charge in [0.1, 0.15) is 18.1 Å². The van der Waals surface area contributed by atoms with Crippen molar-refractivity contribution in [3.05, 3.63) is 24.0 Å². The number of hydrogen-bond donors (Lipinski definition) is 1. The van der Waals surface area contributed by atoms with Gasteiger partial charge in [0.2, 0.25) is 0 Å². The van der Waals surface area contributed by atoms with E-state index in [2.05, 4.69) is 4.98 Å². The van der Waals surface area contributed by atoms with Gasteiger partial charge >= 0.3 is 0 Å². The number of carbonyl (C=O) groups is 1. The molecule has 178 valence electrons. The van der Waals surface area contributed by atoms with Crippen LogP contribution in [0.3, 0.4) is 0 Å². The summed E-state index contributed by atoms with van der Waals surface area (Å²) in [6.45, 7) is 0.186. The number of nitrogens with zero attached hydrogens (tertiary/aromatic N) is 1. The van der Waals surface area contributed by atoms with Gasteiger partial charge in [0.15, 0.2) is 5.78 Å². The number of ketones is 1. The van der Waals surface area contributed by atoms with Crippen molar-refractivity contribution < 1.29 is 28.8 Å². The quantitative estimate of drug-likeness (QED) is 0.551. The summed E-state index contributed by atoms with van der Waals surface area (Å²) < 4.78 is 22.8. The summed E-state index contributed by atoms with van der Waals surface area (Å²) in [5.41, 5.74) is 0.160. The maximum Gasteiger partial charge on any atom is 0.170 e. The van der Waals surface area contributed by atoms with Crippen LogP contribution in [0.1, 0.15) is 57.1 Å². The van der Waals surface area contributed by atoms with E-state index in [1.165, 1.54) is 32.8 Å². The highest BCUT2D eigenvalue weighted by Gasteiger charge is 2.52. The number of methoxy groups -OCH3 is 2. The molecule has 0 radical (unpaired) electrons. The molecule has 32 heavy (non-hydrogen) atoms. The summed E-state index contributed by atoms with van der Waals surface area (Å²) in [5.74, 6) is 0.150. The second-order valence-electron chi connectivity index (χ2n) is 9.89. The van der Waals surface area contributed by atoms with Crippen molar-refractivity contribution >= 4 is 5.78 Å². The number of hydrogen-bond acceptors (Lipinski definition) is 7. The summed E-state index contributed by atoms with van der Waals surface area (Å²) in [7, 11) is 3.13. The molecule has 1 spiro atoms. The number of Topliss-reactive ketones (excluding diaryl/α,β-unsaturated/α-hetero) is 1. The van der Waals surface area contributed by atoms with Crippen molar-refractivity contribution in [3.63, 3.8) is 0 Å². The van der Waals surface area contributed by atoms with Crippen LogP contribution in [0, 0.1) is 17.3 Å². The molecule has 3 aliphatic rings. The molecule has 3 saturated carbocycles. The van der Waals surface area contributed by atoms with Gasteiger partial charge in [0.25, 0.3) is 0 Å². The van der Waals surface area contributed by atoms with Gasteiger partial charge in [-0.25, -0.2) is 0 Å². The molecule has 0 aliphatic heterocycles. The Kier molecular flexibility index (Phi) is 7.50. The molecule has 1 heterocycles. The second kappa shape index (κ2) is 10.2. The number of aliphatic hydroxyl groups excluding tert-OH is 1. The van der Waals surface area contributed by atoms with Gasteiger partial charge in [0.05, 0.1) is 12.7 Å². The van der Waals surface area contributed by atoms with Crippen LogP contribution in [0.15, 0.2) is 18.3 Å². The van der Waals surface area contributed by atoms with Crippen molar-refractivity contribution in [1.82, 2.24) is 4.98 Å². The molecule has 1 aromatic heterocycles. The van der Waals surface area contributed by atoms with Crippen molar-refractivity contribution in [3.8, 4) is 5.75 Å². The van der Waals surface area contributed by atoms with E-state index in [-0.39, 0.29) is 43.5 Å². The van der Waals surface area contributed by atoms with E-state index in [0.29, 0.717) is 24.9 Å². The lowest BCUT2D eigenvalue weighted by Crippen LogP contribution is -2.58. The van der Waals surface area contributed by atoms with E-state index in [4.69, 9.17) is 18.9 Å². The average molecular weight is 448 g/mol. The molecule has 7 heteroatoms. The van der Waals surface area contributed by atoms with Gasteiger partial charge in [-0.1, -0.05) is 0 Å². The minimum Gasteiger partial charge on any atom is -0.490 e. The summed E-state index contributed by atoms with van der Waals surface area (Å²) in [6.07, 6.45) is 11.1. The molecular formula is C25H37NO6. The molecule has 7 nitrogen and oxygen atoms in total. The number of pyridine rings is 1. The monoisotopic (exact) mass is 447 g/mol. The predicted octanol–water partition coefficient (Wildman–Crippen LogP) is 3.32. The first-order chi connectivity index (χ1) is 15.5. The third-order valence-electron chi connectivity index (χ3n) is 7.82. The third kappa shape index (κ3) is 5.01. The first kappa shape index (κ1) is 23.6. The van der Waals surface area contributed by atoms with Crippen LogP contribution in [-0.4, -0.2) is 61.8 Å². The number of aliphatic hydroxyl groups is 1. The summed E-state index contributed by atoms with van der Waals surface area (Å²) in [5, 5.41) is 10.1. The van der Waals surface area contributed by atoms with Gasteiger partial charge in [0, 0.05) is 57.0 Å². The highest BCUT2D eigenvalue weighted by atomic mass is 16.7. The topological polar surface area (TPSA) is 87.1 Å². The van der Waals surface area contributed by atoms with E-state index in [1.54, 1.807) is 13.3 Å². The lowest BCUT2D eigenvalue weighted by Gasteiger charge is -2.44. The molecule has 4 rings (SSSR count). The van der Waals surface area contributed by atoms with Crippen molar-refractivity contribution in [2.24, 2.45) is 17.3 Å². The van der Waals surface area contributed by atoms with Gasteiger partial charge in [-0.15, -0.1) is 0 Å². The Morgan fingerprint density at radius 2 is 1.88 bits per heavy atom. The van der Waals surface area contributed by atoms with Crippen molar-refractivity contribution in [2.45, 2.75) is 69.5 Å². The first-order valence-corrected chi connectivity index (χ1v) is 11.9. The van der Waals surface area contributed by atoms with E-state index in [9.17, 15) is 9.90 Å². The molecule has 1 aromatic rings. The number of aromatic nitrogens is 1. The molecular weight excluding hydrogens is 410 g/mol. The van der Waals surface area contributed by atoms with E-state index >= 15 is 0 Å². The number of carbonyl (C=O) groups excluding carboxylic acids is 1. The van der Waals surface area contributed by atoms with Crippen molar-refractivity contribution in [2.75, 3.05) is 34.2 Å². The van der Waals surface area contributed by atoms with Crippen LogP contribution in [-0.2, 0) is 25.4 Å². The molecule has 0 amide bonds. The Balaban J connectivity index is 1.51. The van der Waals surface area contributed by atoms with Crippen LogP contribution in [0.5, 0.6) is 5.75 Å². The van der Waals surface area contributed by atoms with E-state index in [1.807, 2.05) is 12.1 Å². The molecule has 3 aliphatic carbocycles. The maximum absolute atomic E-state index is 13.6. The average Bonchev–Trinajstić information content (AvgIpc) is 3.56. The third-order valence-corrected chi connectivity index (χ3v) is 7.82. The van der Waals surface area contributed by atoms with E-state index < -0.39 is 5.60 Å². The second-order valence-corrected chi connectivity index (χ2v) is 9.89. The lowest BCUT2D eigenvalue weighted by molar-refractivity contribution is -0.192. The van der Waals surface area contributed by atoms with Gasteiger partial charge < -0.3 is 24.1 Å². The fourth-order valence-corrected chi connectivity index (χ4v) is 5.63. The number of ether oxygens (including phenoxy) is 4. The largest absolute Gasteiger partial charge is 0.490 e. The molecule has 3 atom stereocenters. The summed E-state index contributed by atoms with van der Waals surface area (Å²) >= 11 is 0. The fraction of sp³-hybridized carbons (Fsp3) is 0.760. The Bertz CT molecular complexity index is 771. The van der Waals surface area contributed by atoms with E-state index in [0.717, 1.165) is 24.3 Å². The minimum absolute atomic E-state index is 0.0258. The fourth-order valence-electron chi connectivity index (χ4n) is 5.63. The Morgan fingerprint density at radius 3 is 2.53 bits per heavy atom. The standard InChI is InChI=1S/C25H37NO6/c1-29-16-18-3-4-19(15-27)25(23(18)28,31-17-30-2)14-20-13-22(7-12-26-20)32-21-5-8-24(9-6-21)10-11-24/h7,12-13,18-19,21,27H,3-6,8-11,14-17H2,1-2H3/t18?,19-,25+/m0/s1. The highest BCUT2D eigenvalue weighted by molar-refractivity contribution is 5.91. The van der Waals surface area contributed by atoms with Gasteiger partial charge in [-0.2, -0.15) is 0 Å². The lowest BCUT2D eigenvalue weighted by atomic mass is 9.68. The number of rotatable bonds is 10. The molecule has 1 N–H and O–H groups in total. The SMILES string of the molecule is COCO[C@@]1(Cc2cc(OC3CCC4(CC3)CC4)ccn2)C(=O)C(COC)CC[C@H]1CO. The Morgan fingerprint density at radius 1 is 1.09 bits per heavy atom. The predicted molar refractivity (Wildman–Crippen MR) is 118 cm³/mol. The molecule has 0 saturated heterocycles. The highest BCUT2D eigenvalue weighted by Crippen LogP contribution is 2.56. The first-order valence-electron chi connectivity index (χ1n) is 11.9. The van der Waals surface area contributed by atoms with Gasteiger partial charge in [-0.3, -0.25) is 9.78 Å². The van der Waals surface area contributed by atoms with Crippen LogP contribution in [0.25, 0.3) is 0 Å².